The standard InChI is InChI=1S/C18H31N3O/c1-13(15-8-5-11-19-12-15)20-21-18(22)17-10-4-7-14-6-2-3-9-16(14)17/h14-17,19H,2-12H2,1H3,(H,21,22)/b20-13+. The molecule has 0 bridgehead atoms. The molecule has 0 spiro atoms. The Morgan fingerprint density at radius 1 is 1.05 bits per heavy atom. The lowest BCUT2D eigenvalue weighted by atomic mass is 9.65. The lowest BCUT2D eigenvalue weighted by Gasteiger charge is -2.40. The van der Waals surface area contributed by atoms with Crippen molar-refractivity contribution in [3.63, 3.8) is 0 Å². The normalized spacial score (nSPS) is 36.5. The second kappa shape index (κ2) is 7.58. The molecule has 1 aliphatic heterocycles. The second-order valence-corrected chi connectivity index (χ2v) is 7.52. The van der Waals surface area contributed by atoms with Gasteiger partial charge in [-0.1, -0.05) is 32.1 Å². The summed E-state index contributed by atoms with van der Waals surface area (Å²) in [5.74, 6) is 2.29. The number of hydrogen-bond acceptors (Lipinski definition) is 3. The predicted molar refractivity (Wildman–Crippen MR) is 89.6 cm³/mol. The zero-order chi connectivity index (χ0) is 15.4. The van der Waals surface area contributed by atoms with E-state index in [9.17, 15) is 4.79 Å². The van der Waals surface area contributed by atoms with E-state index in [4.69, 9.17) is 0 Å². The molecule has 3 aliphatic rings. The van der Waals surface area contributed by atoms with Crippen LogP contribution in [0.3, 0.4) is 0 Å². The molecule has 1 heterocycles. The molecule has 0 aromatic rings. The summed E-state index contributed by atoms with van der Waals surface area (Å²) in [6, 6.07) is 0. The summed E-state index contributed by atoms with van der Waals surface area (Å²) in [7, 11) is 0. The van der Waals surface area contributed by atoms with Crippen LogP contribution < -0.4 is 10.7 Å². The highest BCUT2D eigenvalue weighted by Crippen LogP contribution is 2.43. The fourth-order valence-corrected chi connectivity index (χ4v) is 4.79. The molecule has 2 aliphatic carbocycles. The fourth-order valence-electron chi connectivity index (χ4n) is 4.79. The number of carbonyl (C=O) groups excluding carboxylic acids is 1. The number of amides is 1. The molecule has 4 nitrogen and oxygen atoms in total. The number of carbonyl (C=O) groups is 1. The monoisotopic (exact) mass is 305 g/mol. The smallest absolute Gasteiger partial charge is 0.243 e. The first-order chi connectivity index (χ1) is 10.8. The molecule has 3 fully saturated rings. The minimum Gasteiger partial charge on any atom is -0.316 e. The zero-order valence-electron chi connectivity index (χ0n) is 13.9. The van der Waals surface area contributed by atoms with Gasteiger partial charge in [-0.05, 0) is 51.0 Å². The number of fused-ring (bicyclic) bond motifs is 1. The van der Waals surface area contributed by atoms with Crippen LogP contribution >= 0.6 is 0 Å². The highest BCUT2D eigenvalue weighted by atomic mass is 16.2. The number of piperidine rings is 1. The van der Waals surface area contributed by atoms with Crippen LogP contribution in [0, 0.1) is 23.7 Å². The van der Waals surface area contributed by atoms with E-state index in [0.717, 1.165) is 31.1 Å². The van der Waals surface area contributed by atoms with Crippen molar-refractivity contribution in [1.29, 1.82) is 0 Å². The molecular weight excluding hydrogens is 274 g/mol. The van der Waals surface area contributed by atoms with Crippen molar-refractivity contribution in [2.45, 2.75) is 64.7 Å². The van der Waals surface area contributed by atoms with Crippen LogP contribution in [-0.2, 0) is 4.79 Å². The van der Waals surface area contributed by atoms with Crippen molar-refractivity contribution in [3.05, 3.63) is 0 Å². The summed E-state index contributed by atoms with van der Waals surface area (Å²) in [6.45, 7) is 4.17. The Balaban J connectivity index is 1.56. The summed E-state index contributed by atoms with van der Waals surface area (Å²) in [5, 5.41) is 7.85. The summed E-state index contributed by atoms with van der Waals surface area (Å²) >= 11 is 0. The molecule has 4 unspecified atom stereocenters. The van der Waals surface area contributed by atoms with Gasteiger partial charge in [0.15, 0.2) is 0 Å². The summed E-state index contributed by atoms with van der Waals surface area (Å²) in [5.41, 5.74) is 3.98. The van der Waals surface area contributed by atoms with Gasteiger partial charge in [-0.25, -0.2) is 5.43 Å². The van der Waals surface area contributed by atoms with Gasteiger partial charge >= 0.3 is 0 Å². The molecule has 1 saturated heterocycles. The Labute approximate surface area is 134 Å². The van der Waals surface area contributed by atoms with Crippen LogP contribution in [0.25, 0.3) is 0 Å². The molecule has 0 aromatic carbocycles. The maximum absolute atomic E-state index is 12.6. The van der Waals surface area contributed by atoms with Crippen molar-refractivity contribution in [2.75, 3.05) is 13.1 Å². The largest absolute Gasteiger partial charge is 0.316 e. The first kappa shape index (κ1) is 16.0. The van der Waals surface area contributed by atoms with Gasteiger partial charge < -0.3 is 5.32 Å². The van der Waals surface area contributed by atoms with Gasteiger partial charge in [0.1, 0.15) is 0 Å². The number of nitrogens with one attached hydrogen (secondary N) is 2. The molecule has 2 saturated carbocycles. The molecule has 3 rings (SSSR count). The average Bonchev–Trinajstić information content (AvgIpc) is 2.59. The SMILES string of the molecule is C/C(=N\NC(=O)C1CCCC2CCCCC21)C1CCCNC1. The van der Waals surface area contributed by atoms with Crippen LogP contribution in [0.5, 0.6) is 0 Å². The lowest BCUT2D eigenvalue weighted by Crippen LogP contribution is -2.40. The Kier molecular flexibility index (Phi) is 5.51. The molecule has 0 radical (unpaired) electrons. The summed E-state index contributed by atoms with van der Waals surface area (Å²) in [6.07, 6.45) is 11.3. The van der Waals surface area contributed by atoms with E-state index in [1.807, 2.05) is 0 Å². The van der Waals surface area contributed by atoms with Gasteiger partial charge in [0, 0.05) is 24.1 Å². The van der Waals surface area contributed by atoms with E-state index in [2.05, 4.69) is 22.8 Å². The third kappa shape index (κ3) is 3.70. The van der Waals surface area contributed by atoms with E-state index in [1.54, 1.807) is 0 Å². The van der Waals surface area contributed by atoms with Crippen LogP contribution in [0.4, 0.5) is 0 Å². The average molecular weight is 305 g/mol. The van der Waals surface area contributed by atoms with Crippen molar-refractivity contribution in [2.24, 2.45) is 28.8 Å². The molecule has 1 amide bonds. The summed E-state index contributed by atoms with van der Waals surface area (Å²) < 4.78 is 0. The number of hydrazone groups is 1. The van der Waals surface area contributed by atoms with Crippen LogP contribution in [-0.4, -0.2) is 24.7 Å². The Hall–Kier alpha value is -0.900. The van der Waals surface area contributed by atoms with Gasteiger partial charge in [-0.15, -0.1) is 0 Å². The highest BCUT2D eigenvalue weighted by molar-refractivity contribution is 5.87. The second-order valence-electron chi connectivity index (χ2n) is 7.52. The molecule has 124 valence electrons. The van der Waals surface area contributed by atoms with Crippen LogP contribution in [0.15, 0.2) is 5.10 Å². The minimum atomic E-state index is 0.180. The Morgan fingerprint density at radius 3 is 2.68 bits per heavy atom. The number of nitrogens with zero attached hydrogens (tertiary/aromatic N) is 1. The Bertz CT molecular complexity index is 413. The molecule has 22 heavy (non-hydrogen) atoms. The maximum atomic E-state index is 12.6. The molecule has 2 N–H and O–H groups in total. The lowest BCUT2D eigenvalue weighted by molar-refractivity contribution is -0.129. The summed E-state index contributed by atoms with van der Waals surface area (Å²) in [4.78, 5) is 12.6. The van der Waals surface area contributed by atoms with Gasteiger partial charge in [0.05, 0.1) is 0 Å². The molecule has 4 atom stereocenters. The van der Waals surface area contributed by atoms with Crippen molar-refractivity contribution in [1.82, 2.24) is 10.7 Å². The first-order valence-corrected chi connectivity index (χ1v) is 9.30. The molecule has 4 heteroatoms. The van der Waals surface area contributed by atoms with E-state index in [-0.39, 0.29) is 11.8 Å². The molecular formula is C18H31N3O. The van der Waals surface area contributed by atoms with E-state index in [1.165, 1.54) is 51.4 Å². The third-order valence-electron chi connectivity index (χ3n) is 6.14. The van der Waals surface area contributed by atoms with E-state index >= 15 is 0 Å². The topological polar surface area (TPSA) is 53.5 Å². The van der Waals surface area contributed by atoms with Gasteiger partial charge in [0.2, 0.25) is 5.91 Å². The van der Waals surface area contributed by atoms with Crippen molar-refractivity contribution in [3.8, 4) is 0 Å². The van der Waals surface area contributed by atoms with E-state index in [0.29, 0.717) is 11.8 Å². The van der Waals surface area contributed by atoms with Crippen molar-refractivity contribution >= 4 is 11.6 Å². The van der Waals surface area contributed by atoms with Crippen molar-refractivity contribution < 1.29 is 4.79 Å². The number of rotatable bonds is 3. The van der Waals surface area contributed by atoms with Gasteiger partial charge in [-0.3, -0.25) is 4.79 Å². The highest BCUT2D eigenvalue weighted by Gasteiger charge is 2.38. The first-order valence-electron chi connectivity index (χ1n) is 9.30. The fraction of sp³-hybridized carbons (Fsp3) is 0.889. The van der Waals surface area contributed by atoms with Crippen LogP contribution in [0.1, 0.15) is 64.7 Å². The maximum Gasteiger partial charge on any atom is 0.243 e. The minimum absolute atomic E-state index is 0.180. The quantitative estimate of drug-likeness (QED) is 0.622. The van der Waals surface area contributed by atoms with E-state index < -0.39 is 0 Å². The molecule has 0 aromatic heterocycles. The van der Waals surface area contributed by atoms with Crippen LogP contribution in [0.2, 0.25) is 0 Å². The predicted octanol–water partition coefficient (Wildman–Crippen LogP) is 3.08. The third-order valence-corrected chi connectivity index (χ3v) is 6.14. The number of hydrogen-bond donors (Lipinski definition) is 2. The zero-order valence-corrected chi connectivity index (χ0v) is 13.9. The van der Waals surface area contributed by atoms with Gasteiger partial charge in [0.25, 0.3) is 0 Å². The van der Waals surface area contributed by atoms with Gasteiger partial charge in [-0.2, -0.15) is 5.10 Å². The Morgan fingerprint density at radius 2 is 1.86 bits per heavy atom.